The molecule has 0 saturated heterocycles. The van der Waals surface area contributed by atoms with Crippen molar-refractivity contribution in [3.05, 3.63) is 12.4 Å². The SMILES string of the molecule is Cn1ccnc1NCC(O)C1CCC1. The smallest absolute Gasteiger partial charge is 0.202 e. The second-order valence-electron chi connectivity index (χ2n) is 4.00. The van der Waals surface area contributed by atoms with Crippen LogP contribution in [0.2, 0.25) is 0 Å². The molecule has 2 rings (SSSR count). The third kappa shape index (κ3) is 1.90. The van der Waals surface area contributed by atoms with E-state index < -0.39 is 0 Å². The first kappa shape index (κ1) is 9.52. The van der Waals surface area contributed by atoms with Gasteiger partial charge in [-0.1, -0.05) is 6.42 Å². The van der Waals surface area contributed by atoms with Crippen LogP contribution in [0, 0.1) is 5.92 Å². The van der Waals surface area contributed by atoms with Crippen LogP contribution in [0.4, 0.5) is 5.95 Å². The fourth-order valence-corrected chi connectivity index (χ4v) is 1.72. The molecule has 1 heterocycles. The molecule has 1 saturated carbocycles. The van der Waals surface area contributed by atoms with Gasteiger partial charge >= 0.3 is 0 Å². The molecular formula is C10H17N3O. The van der Waals surface area contributed by atoms with Gasteiger partial charge in [0.1, 0.15) is 0 Å². The zero-order valence-corrected chi connectivity index (χ0v) is 8.48. The maximum absolute atomic E-state index is 9.76. The summed E-state index contributed by atoms with van der Waals surface area (Å²) in [6.07, 6.45) is 7.02. The molecule has 1 aliphatic rings. The van der Waals surface area contributed by atoms with Crippen molar-refractivity contribution in [2.75, 3.05) is 11.9 Å². The third-order valence-corrected chi connectivity index (χ3v) is 2.98. The van der Waals surface area contributed by atoms with Crippen LogP contribution in [-0.2, 0) is 7.05 Å². The largest absolute Gasteiger partial charge is 0.391 e. The van der Waals surface area contributed by atoms with Crippen molar-refractivity contribution in [2.24, 2.45) is 13.0 Å². The Bertz CT molecular complexity index is 293. The first-order valence-electron chi connectivity index (χ1n) is 5.16. The van der Waals surface area contributed by atoms with E-state index in [4.69, 9.17) is 0 Å². The average Bonchev–Trinajstić information content (AvgIpc) is 2.44. The molecule has 1 fully saturated rings. The molecule has 78 valence electrons. The van der Waals surface area contributed by atoms with E-state index in [2.05, 4.69) is 10.3 Å². The lowest BCUT2D eigenvalue weighted by Gasteiger charge is -2.30. The van der Waals surface area contributed by atoms with E-state index in [1.54, 1.807) is 6.20 Å². The maximum Gasteiger partial charge on any atom is 0.202 e. The number of nitrogens with one attached hydrogen (secondary N) is 1. The van der Waals surface area contributed by atoms with E-state index in [0.29, 0.717) is 12.5 Å². The Hall–Kier alpha value is -1.03. The lowest BCUT2D eigenvalue weighted by atomic mass is 9.81. The second kappa shape index (κ2) is 4.00. The monoisotopic (exact) mass is 195 g/mol. The van der Waals surface area contributed by atoms with E-state index in [9.17, 15) is 5.11 Å². The third-order valence-electron chi connectivity index (χ3n) is 2.98. The standard InChI is InChI=1S/C10H17N3O/c1-13-6-5-11-10(13)12-7-9(14)8-3-2-4-8/h5-6,8-9,14H,2-4,7H2,1H3,(H,11,12). The summed E-state index contributed by atoms with van der Waals surface area (Å²) >= 11 is 0. The van der Waals surface area contributed by atoms with Crippen LogP contribution in [0.3, 0.4) is 0 Å². The summed E-state index contributed by atoms with van der Waals surface area (Å²) in [5.41, 5.74) is 0. The first-order chi connectivity index (χ1) is 6.77. The highest BCUT2D eigenvalue weighted by atomic mass is 16.3. The molecule has 0 bridgehead atoms. The fraction of sp³-hybridized carbons (Fsp3) is 0.700. The summed E-state index contributed by atoms with van der Waals surface area (Å²) in [5, 5.41) is 12.9. The normalized spacial score (nSPS) is 19.0. The minimum atomic E-state index is -0.222. The molecule has 0 aromatic carbocycles. The quantitative estimate of drug-likeness (QED) is 0.753. The van der Waals surface area contributed by atoms with Gasteiger partial charge in [0.2, 0.25) is 5.95 Å². The van der Waals surface area contributed by atoms with Crippen LogP contribution >= 0.6 is 0 Å². The van der Waals surface area contributed by atoms with Gasteiger partial charge in [0.05, 0.1) is 6.10 Å². The summed E-state index contributed by atoms with van der Waals surface area (Å²) in [4.78, 5) is 4.13. The van der Waals surface area contributed by atoms with Crippen LogP contribution in [0.1, 0.15) is 19.3 Å². The molecule has 1 aromatic heterocycles. The minimum absolute atomic E-state index is 0.222. The Morgan fingerprint density at radius 3 is 3.00 bits per heavy atom. The van der Waals surface area contributed by atoms with Gasteiger partial charge < -0.3 is 15.0 Å². The van der Waals surface area contributed by atoms with Crippen molar-refractivity contribution >= 4 is 5.95 Å². The number of aromatic nitrogens is 2. The Morgan fingerprint density at radius 2 is 2.50 bits per heavy atom. The van der Waals surface area contributed by atoms with Crippen LogP contribution in [0.25, 0.3) is 0 Å². The number of nitrogens with zero attached hydrogens (tertiary/aromatic N) is 2. The highest BCUT2D eigenvalue weighted by Gasteiger charge is 2.25. The number of rotatable bonds is 4. The number of hydrogen-bond acceptors (Lipinski definition) is 3. The number of hydrogen-bond donors (Lipinski definition) is 2. The van der Waals surface area contributed by atoms with Gasteiger partial charge in [-0.3, -0.25) is 0 Å². The molecule has 0 amide bonds. The molecule has 1 atom stereocenters. The Labute approximate surface area is 84.0 Å². The zero-order chi connectivity index (χ0) is 9.97. The molecule has 0 aliphatic heterocycles. The highest BCUT2D eigenvalue weighted by Crippen LogP contribution is 2.29. The summed E-state index contributed by atoms with van der Waals surface area (Å²) in [6.45, 7) is 0.607. The molecule has 14 heavy (non-hydrogen) atoms. The Kier molecular flexibility index (Phi) is 2.72. The molecule has 1 unspecified atom stereocenters. The predicted octanol–water partition coefficient (Wildman–Crippen LogP) is 0.993. The number of aliphatic hydroxyl groups excluding tert-OH is 1. The van der Waals surface area contributed by atoms with Gasteiger partial charge in [0, 0.05) is 26.0 Å². The van der Waals surface area contributed by atoms with E-state index in [1.165, 1.54) is 19.3 Å². The van der Waals surface area contributed by atoms with Crippen molar-refractivity contribution in [3.8, 4) is 0 Å². The fourth-order valence-electron chi connectivity index (χ4n) is 1.72. The molecule has 1 aromatic rings. The molecule has 1 aliphatic carbocycles. The molecule has 2 N–H and O–H groups in total. The average molecular weight is 195 g/mol. The van der Waals surface area contributed by atoms with Crippen LogP contribution in [-0.4, -0.2) is 27.3 Å². The van der Waals surface area contributed by atoms with E-state index in [1.807, 2.05) is 17.8 Å². The number of anilines is 1. The second-order valence-corrected chi connectivity index (χ2v) is 4.00. The van der Waals surface area contributed by atoms with Crippen molar-refractivity contribution in [3.63, 3.8) is 0 Å². The molecule has 4 nitrogen and oxygen atoms in total. The number of aryl methyl sites for hydroxylation is 1. The van der Waals surface area contributed by atoms with Gasteiger partial charge in [-0.05, 0) is 18.8 Å². The van der Waals surface area contributed by atoms with Gasteiger partial charge in [-0.2, -0.15) is 0 Å². The Balaban J connectivity index is 1.79. The van der Waals surface area contributed by atoms with E-state index in [0.717, 1.165) is 5.95 Å². The lowest BCUT2D eigenvalue weighted by Crippen LogP contribution is -2.33. The molecule has 0 radical (unpaired) electrons. The van der Waals surface area contributed by atoms with Crippen molar-refractivity contribution in [1.29, 1.82) is 0 Å². The summed E-state index contributed by atoms with van der Waals surface area (Å²) in [6, 6.07) is 0. The lowest BCUT2D eigenvalue weighted by molar-refractivity contribution is 0.0728. The van der Waals surface area contributed by atoms with Crippen LogP contribution < -0.4 is 5.32 Å². The molecular weight excluding hydrogens is 178 g/mol. The Morgan fingerprint density at radius 1 is 1.71 bits per heavy atom. The minimum Gasteiger partial charge on any atom is -0.391 e. The van der Waals surface area contributed by atoms with Crippen molar-refractivity contribution in [1.82, 2.24) is 9.55 Å². The van der Waals surface area contributed by atoms with E-state index in [-0.39, 0.29) is 6.10 Å². The maximum atomic E-state index is 9.76. The zero-order valence-electron chi connectivity index (χ0n) is 8.48. The predicted molar refractivity (Wildman–Crippen MR) is 55.0 cm³/mol. The van der Waals surface area contributed by atoms with Gasteiger partial charge in [0.25, 0.3) is 0 Å². The van der Waals surface area contributed by atoms with Crippen LogP contribution in [0.5, 0.6) is 0 Å². The number of aliphatic hydroxyl groups is 1. The van der Waals surface area contributed by atoms with Gasteiger partial charge in [0.15, 0.2) is 0 Å². The summed E-state index contributed by atoms with van der Waals surface area (Å²) < 4.78 is 1.91. The number of imidazole rings is 1. The molecule has 4 heteroatoms. The summed E-state index contributed by atoms with van der Waals surface area (Å²) in [5.74, 6) is 1.33. The van der Waals surface area contributed by atoms with Crippen molar-refractivity contribution in [2.45, 2.75) is 25.4 Å². The summed E-state index contributed by atoms with van der Waals surface area (Å²) in [7, 11) is 1.94. The van der Waals surface area contributed by atoms with Gasteiger partial charge in [-0.15, -0.1) is 0 Å². The molecule has 0 spiro atoms. The highest BCUT2D eigenvalue weighted by molar-refractivity contribution is 5.25. The van der Waals surface area contributed by atoms with E-state index >= 15 is 0 Å². The topological polar surface area (TPSA) is 50.1 Å². The van der Waals surface area contributed by atoms with Gasteiger partial charge in [-0.25, -0.2) is 4.98 Å². The first-order valence-corrected chi connectivity index (χ1v) is 5.16. The van der Waals surface area contributed by atoms with Crippen LogP contribution in [0.15, 0.2) is 12.4 Å². The van der Waals surface area contributed by atoms with Crippen molar-refractivity contribution < 1.29 is 5.11 Å².